The van der Waals surface area contributed by atoms with Gasteiger partial charge in [-0.2, -0.15) is 0 Å². The van der Waals surface area contributed by atoms with E-state index < -0.39 is 0 Å². The predicted molar refractivity (Wildman–Crippen MR) is 269 cm³/mol. The van der Waals surface area contributed by atoms with Gasteiger partial charge in [-0.15, -0.1) is 11.3 Å². The number of rotatable bonds is 2. The molecule has 0 amide bonds. The van der Waals surface area contributed by atoms with E-state index in [-0.39, 0.29) is 45.2 Å². The molecule has 0 radical (unpaired) electrons. The van der Waals surface area contributed by atoms with Crippen LogP contribution < -0.4 is 25.5 Å². The molecule has 2 nitrogen and oxygen atoms in total. The number of anilines is 5. The molecule has 0 fully saturated rings. The van der Waals surface area contributed by atoms with E-state index in [1.807, 2.05) is 0 Å². The fraction of sp³-hybridized carbons (Fsp3) is 0.474. The van der Waals surface area contributed by atoms with Crippen LogP contribution in [0.5, 0.6) is 0 Å². The summed E-state index contributed by atoms with van der Waals surface area (Å²) in [6.07, 6.45) is 10.9. The van der Waals surface area contributed by atoms with Crippen LogP contribution in [-0.2, 0) is 27.1 Å². The molecular weight excluding hydrogens is 756 g/mol. The molecule has 4 aromatic carbocycles. The Hall–Kier alpha value is -4.02. The second-order valence-corrected chi connectivity index (χ2v) is 25.5. The molecule has 2 aliphatic heterocycles. The minimum absolute atomic E-state index is 0.0221. The van der Waals surface area contributed by atoms with E-state index >= 15 is 0 Å². The number of benzene rings is 4. The Morgan fingerprint density at radius 1 is 0.639 bits per heavy atom. The van der Waals surface area contributed by atoms with Crippen LogP contribution in [0.1, 0.15) is 164 Å². The minimum atomic E-state index is 0.0221. The summed E-state index contributed by atoms with van der Waals surface area (Å²) in [5.74, 6) is 0. The molecule has 5 aromatic rings. The van der Waals surface area contributed by atoms with Crippen molar-refractivity contribution in [2.75, 3.05) is 9.80 Å². The lowest BCUT2D eigenvalue weighted by Gasteiger charge is -2.47. The normalized spacial score (nSPS) is 21.8. The van der Waals surface area contributed by atoms with Gasteiger partial charge in [0.2, 0.25) is 0 Å². The Kier molecular flexibility index (Phi) is 8.76. The van der Waals surface area contributed by atoms with Crippen molar-refractivity contribution in [2.24, 2.45) is 5.41 Å². The van der Waals surface area contributed by atoms with Crippen LogP contribution in [0, 0.1) is 5.41 Å². The molecular formula is C57H69BN2S. The van der Waals surface area contributed by atoms with Gasteiger partial charge >= 0.3 is 0 Å². The fourth-order valence-corrected chi connectivity index (χ4v) is 13.3. The summed E-state index contributed by atoms with van der Waals surface area (Å²) in [5.41, 5.74) is 20.7. The minimum Gasteiger partial charge on any atom is -0.335 e. The average Bonchev–Trinajstić information content (AvgIpc) is 3.55. The molecule has 1 atom stereocenters. The van der Waals surface area contributed by atoms with Gasteiger partial charge in [-0.3, -0.25) is 0 Å². The zero-order valence-corrected chi connectivity index (χ0v) is 40.8. The van der Waals surface area contributed by atoms with E-state index in [0.29, 0.717) is 0 Å². The van der Waals surface area contributed by atoms with E-state index in [4.69, 9.17) is 0 Å². The van der Waals surface area contributed by atoms with Crippen molar-refractivity contribution in [1.29, 1.82) is 0 Å². The maximum Gasteiger partial charge on any atom is 0.264 e. The van der Waals surface area contributed by atoms with Crippen molar-refractivity contribution in [3.63, 3.8) is 0 Å². The standard InChI is InChI=1S/C57H69BN2S/c1-34-29-35(52(2,3)4)19-23-44(34)60-45-24-20-36(53(5,6)7)30-43(45)58-49-46(17-16-18-47(49)60)59(37-21-22-39-40(31-37)55(10,11)26-25-54(39,8)9)50-38-32-41-42(33-48(38)61-51(50)58)57(14,15)28-27-56(41,12)13/h16-22,24,29-33,44H,23,25-28H2,1-15H3. The summed E-state index contributed by atoms with van der Waals surface area (Å²) in [5, 5.41) is 1.42. The quantitative estimate of drug-likeness (QED) is 0.161. The molecule has 3 heterocycles. The molecule has 1 aromatic heterocycles. The number of hydrogen-bond donors (Lipinski definition) is 0. The lowest BCUT2D eigenvalue weighted by atomic mass is 9.36. The predicted octanol–water partition coefficient (Wildman–Crippen LogP) is 14.3. The number of hydrogen-bond acceptors (Lipinski definition) is 3. The Labute approximate surface area is 372 Å². The van der Waals surface area contributed by atoms with E-state index in [1.165, 1.54) is 113 Å². The fourth-order valence-electron chi connectivity index (χ4n) is 12.0. The highest BCUT2D eigenvalue weighted by Gasteiger charge is 2.48. The van der Waals surface area contributed by atoms with Crippen LogP contribution in [0.3, 0.4) is 0 Å². The molecule has 10 rings (SSSR count). The third kappa shape index (κ3) is 6.14. The first-order valence-corrected chi connectivity index (χ1v) is 24.2. The Morgan fingerprint density at radius 3 is 1.87 bits per heavy atom. The maximum absolute atomic E-state index is 2.75. The highest BCUT2D eigenvalue weighted by molar-refractivity contribution is 7.33. The molecule has 61 heavy (non-hydrogen) atoms. The average molecular weight is 825 g/mol. The summed E-state index contributed by atoms with van der Waals surface area (Å²) in [6.45, 7) is 36.5. The number of nitrogens with zero attached hydrogens (tertiary/aromatic N) is 2. The van der Waals surface area contributed by atoms with Crippen LogP contribution in [-0.4, -0.2) is 12.8 Å². The van der Waals surface area contributed by atoms with Crippen molar-refractivity contribution in [3.05, 3.63) is 118 Å². The summed E-state index contributed by atoms with van der Waals surface area (Å²) < 4.78 is 2.91. The number of allylic oxidation sites excluding steroid dienone is 2. The zero-order valence-electron chi connectivity index (χ0n) is 40.0. The SMILES string of the molecule is CC1=CC(C(C)(C)C)=CCC1N1c2ccc(C(C)(C)C)cc2B2c3sc4cc5c(cc4c3N(c3ccc4c(c3)C(C)(C)CCC4(C)C)c3cccc1c32)C(C)(C)CCC5(C)C. The van der Waals surface area contributed by atoms with Crippen LogP contribution >= 0.6 is 11.3 Å². The smallest absolute Gasteiger partial charge is 0.264 e. The first-order valence-electron chi connectivity index (χ1n) is 23.4. The van der Waals surface area contributed by atoms with E-state index in [2.05, 4.69) is 204 Å². The van der Waals surface area contributed by atoms with Crippen molar-refractivity contribution < 1.29 is 0 Å². The molecule has 4 heteroatoms. The van der Waals surface area contributed by atoms with Crippen LogP contribution in [0.25, 0.3) is 10.1 Å². The van der Waals surface area contributed by atoms with Crippen molar-refractivity contribution in [2.45, 2.75) is 169 Å². The van der Waals surface area contributed by atoms with E-state index in [9.17, 15) is 0 Å². The Morgan fingerprint density at radius 2 is 1.25 bits per heavy atom. The second-order valence-electron chi connectivity index (χ2n) is 24.4. The first kappa shape index (κ1) is 41.0. The van der Waals surface area contributed by atoms with Crippen LogP contribution in [0.15, 0.2) is 90.0 Å². The molecule has 0 saturated heterocycles. The van der Waals surface area contributed by atoms with Crippen molar-refractivity contribution in [1.82, 2.24) is 0 Å². The van der Waals surface area contributed by atoms with Gasteiger partial charge in [0.15, 0.2) is 0 Å². The van der Waals surface area contributed by atoms with Gasteiger partial charge < -0.3 is 9.80 Å². The van der Waals surface area contributed by atoms with Crippen LogP contribution in [0.4, 0.5) is 28.4 Å². The summed E-state index contributed by atoms with van der Waals surface area (Å²) >= 11 is 2.08. The van der Waals surface area contributed by atoms with Gasteiger partial charge in [0.25, 0.3) is 6.71 Å². The van der Waals surface area contributed by atoms with E-state index in [0.717, 1.165) is 6.42 Å². The molecule has 0 spiro atoms. The summed E-state index contributed by atoms with van der Waals surface area (Å²) in [7, 11) is 0. The Balaban J connectivity index is 1.30. The van der Waals surface area contributed by atoms with E-state index in [1.54, 1.807) is 5.56 Å². The van der Waals surface area contributed by atoms with Gasteiger partial charge in [0.1, 0.15) is 0 Å². The number of fused-ring (bicyclic) bond motifs is 8. The second kappa shape index (κ2) is 13.0. The third-order valence-corrected chi connectivity index (χ3v) is 17.4. The summed E-state index contributed by atoms with van der Waals surface area (Å²) in [4.78, 5) is 5.48. The topological polar surface area (TPSA) is 6.48 Å². The lowest BCUT2D eigenvalue weighted by molar-refractivity contribution is 0.332. The van der Waals surface area contributed by atoms with Crippen molar-refractivity contribution in [3.8, 4) is 0 Å². The van der Waals surface area contributed by atoms with Gasteiger partial charge in [0, 0.05) is 37.6 Å². The molecule has 1 unspecified atom stereocenters. The molecule has 0 saturated carbocycles. The molecule has 0 N–H and O–H groups in total. The molecule has 0 bridgehead atoms. The highest BCUT2D eigenvalue weighted by atomic mass is 32.1. The van der Waals surface area contributed by atoms with Gasteiger partial charge in [-0.1, -0.05) is 139 Å². The molecule has 3 aliphatic carbocycles. The zero-order chi connectivity index (χ0) is 43.6. The van der Waals surface area contributed by atoms with Crippen LogP contribution in [0.2, 0.25) is 0 Å². The third-order valence-electron chi connectivity index (χ3n) is 16.2. The van der Waals surface area contributed by atoms with Gasteiger partial charge in [0.05, 0.1) is 11.7 Å². The molecule has 5 aliphatic rings. The highest BCUT2D eigenvalue weighted by Crippen LogP contribution is 2.54. The first-order chi connectivity index (χ1) is 28.4. The monoisotopic (exact) mass is 825 g/mol. The van der Waals surface area contributed by atoms with Gasteiger partial charge in [-0.05, 0) is 158 Å². The Bertz CT molecular complexity index is 2740. The summed E-state index contributed by atoms with van der Waals surface area (Å²) in [6, 6.07) is 27.9. The van der Waals surface area contributed by atoms with Crippen molar-refractivity contribution >= 4 is 72.3 Å². The largest absolute Gasteiger partial charge is 0.335 e. The van der Waals surface area contributed by atoms with Gasteiger partial charge in [-0.25, -0.2) is 0 Å². The maximum atomic E-state index is 2.75. The molecule has 316 valence electrons. The number of thiophene rings is 1. The lowest BCUT2D eigenvalue weighted by Crippen LogP contribution is -2.62.